The Kier molecular flexibility index (Phi) is 14.1. The highest BCUT2D eigenvalue weighted by Crippen LogP contribution is 1.94. The smallest absolute Gasteiger partial charge is 0.325 e. The largest absolute Gasteiger partial charge is 0.465 e. The summed E-state index contributed by atoms with van der Waals surface area (Å²) < 4.78 is 6.77. The van der Waals surface area contributed by atoms with Gasteiger partial charge in [-0.1, -0.05) is 39.8 Å². The van der Waals surface area contributed by atoms with Crippen LogP contribution in [0.5, 0.6) is 0 Å². The molecule has 0 fully saturated rings. The van der Waals surface area contributed by atoms with Crippen LogP contribution in [0.2, 0.25) is 0 Å². The van der Waals surface area contributed by atoms with Gasteiger partial charge in [0.25, 0.3) is 0 Å². The molecule has 0 aliphatic rings. The van der Waals surface area contributed by atoms with E-state index in [4.69, 9.17) is 10.00 Å². The molecular formula is C18H30N2O2. The standard InChI is InChI=1S/C14H18N2O2.2C2H6/c1-4-12-11(7-8-15)9-16(13(12)5-2)10-14(17)18-6-3;2*1-2/h4-5,9H,6-7,10H2,1-3H3;2*1-2H3/b12-4-,13-5+;;. The number of nitriles is 1. The van der Waals surface area contributed by atoms with Gasteiger partial charge >= 0.3 is 5.97 Å². The fourth-order valence-corrected chi connectivity index (χ4v) is 2.00. The van der Waals surface area contributed by atoms with Gasteiger partial charge in [0.15, 0.2) is 0 Å². The van der Waals surface area contributed by atoms with Gasteiger partial charge < -0.3 is 9.30 Å². The normalized spacial score (nSPS) is 10.8. The summed E-state index contributed by atoms with van der Waals surface area (Å²) >= 11 is 0. The van der Waals surface area contributed by atoms with Crippen molar-refractivity contribution in [3.63, 3.8) is 0 Å². The van der Waals surface area contributed by atoms with E-state index in [-0.39, 0.29) is 12.5 Å². The number of hydrogen-bond acceptors (Lipinski definition) is 3. The second-order valence-electron chi connectivity index (χ2n) is 3.80. The van der Waals surface area contributed by atoms with Gasteiger partial charge in [0, 0.05) is 11.5 Å². The summed E-state index contributed by atoms with van der Waals surface area (Å²) in [6.45, 7) is 14.2. The maximum Gasteiger partial charge on any atom is 0.325 e. The molecule has 0 bridgehead atoms. The Morgan fingerprint density at radius 1 is 1.27 bits per heavy atom. The van der Waals surface area contributed by atoms with E-state index in [1.54, 1.807) is 6.92 Å². The number of esters is 1. The number of rotatable bonds is 4. The fraction of sp³-hybridized carbons (Fsp3) is 0.556. The fourth-order valence-electron chi connectivity index (χ4n) is 2.00. The van der Waals surface area contributed by atoms with Crippen LogP contribution in [0.1, 0.15) is 54.0 Å². The van der Waals surface area contributed by atoms with E-state index in [0.717, 1.165) is 16.1 Å². The third kappa shape index (κ3) is 6.62. The van der Waals surface area contributed by atoms with Crippen molar-refractivity contribution in [1.29, 1.82) is 5.26 Å². The Morgan fingerprint density at radius 2 is 1.86 bits per heavy atom. The highest BCUT2D eigenvalue weighted by Gasteiger charge is 2.08. The molecule has 0 unspecified atom stereocenters. The highest BCUT2D eigenvalue weighted by atomic mass is 16.5. The van der Waals surface area contributed by atoms with Crippen molar-refractivity contribution in [2.75, 3.05) is 6.61 Å². The van der Waals surface area contributed by atoms with Crippen LogP contribution in [0.15, 0.2) is 6.20 Å². The SMILES string of the molecule is C/C=c1/c(CC#N)cn(CC(=O)OCC)/c1=C/C.CC.CC. The lowest BCUT2D eigenvalue weighted by molar-refractivity contribution is -0.143. The molecule has 1 rings (SSSR count). The molecule has 0 spiro atoms. The van der Waals surface area contributed by atoms with Crippen molar-refractivity contribution < 1.29 is 9.53 Å². The Balaban J connectivity index is 0. The Morgan fingerprint density at radius 3 is 2.27 bits per heavy atom. The molecular weight excluding hydrogens is 276 g/mol. The number of carbonyl (C=O) groups is 1. The summed E-state index contributed by atoms with van der Waals surface area (Å²) in [6, 6.07) is 2.14. The van der Waals surface area contributed by atoms with Gasteiger partial charge in [-0.3, -0.25) is 4.79 Å². The molecule has 1 aromatic rings. The van der Waals surface area contributed by atoms with Gasteiger partial charge in [0.05, 0.1) is 19.1 Å². The van der Waals surface area contributed by atoms with Crippen LogP contribution >= 0.6 is 0 Å². The zero-order valence-corrected chi connectivity index (χ0v) is 15.1. The average Bonchev–Trinajstić information content (AvgIpc) is 2.88. The summed E-state index contributed by atoms with van der Waals surface area (Å²) in [7, 11) is 0. The van der Waals surface area contributed by atoms with E-state index in [0.29, 0.717) is 13.0 Å². The van der Waals surface area contributed by atoms with Crippen LogP contribution in [0.25, 0.3) is 12.2 Å². The molecule has 0 aliphatic carbocycles. The van der Waals surface area contributed by atoms with Gasteiger partial charge in [-0.25, -0.2) is 0 Å². The first-order chi connectivity index (χ1) is 10.7. The summed E-state index contributed by atoms with van der Waals surface area (Å²) in [5.41, 5.74) is 0.942. The van der Waals surface area contributed by atoms with E-state index in [1.807, 2.05) is 64.5 Å². The van der Waals surface area contributed by atoms with Crippen molar-refractivity contribution in [2.24, 2.45) is 0 Å². The first-order valence-corrected chi connectivity index (χ1v) is 8.01. The number of ether oxygens (including phenoxy) is 1. The highest BCUT2D eigenvalue weighted by molar-refractivity contribution is 5.69. The molecule has 1 heterocycles. The molecule has 0 amide bonds. The predicted octanol–water partition coefficient (Wildman–Crippen LogP) is 2.77. The lowest BCUT2D eigenvalue weighted by atomic mass is 10.2. The summed E-state index contributed by atoms with van der Waals surface area (Å²) in [4.78, 5) is 11.5. The number of hydrogen-bond donors (Lipinski definition) is 0. The predicted molar refractivity (Wildman–Crippen MR) is 92.6 cm³/mol. The topological polar surface area (TPSA) is 55.0 Å². The molecule has 0 saturated carbocycles. The first kappa shape index (κ1) is 22.3. The van der Waals surface area contributed by atoms with Gasteiger partial charge in [-0.05, 0) is 31.6 Å². The molecule has 0 radical (unpaired) electrons. The molecule has 1 aromatic heterocycles. The second kappa shape index (κ2) is 13.9. The van der Waals surface area contributed by atoms with Crippen LogP contribution in [0.4, 0.5) is 0 Å². The number of aromatic nitrogens is 1. The van der Waals surface area contributed by atoms with E-state index in [1.165, 1.54) is 0 Å². The van der Waals surface area contributed by atoms with Gasteiger partial charge in [-0.2, -0.15) is 5.26 Å². The summed E-state index contributed by atoms with van der Waals surface area (Å²) in [6.07, 6.45) is 6.10. The van der Waals surface area contributed by atoms with Crippen molar-refractivity contribution in [3.8, 4) is 6.07 Å². The maximum atomic E-state index is 11.5. The monoisotopic (exact) mass is 306 g/mol. The zero-order chi connectivity index (χ0) is 17.5. The van der Waals surface area contributed by atoms with Crippen LogP contribution in [0.3, 0.4) is 0 Å². The number of nitrogens with zero attached hydrogens (tertiary/aromatic N) is 2. The van der Waals surface area contributed by atoms with Crippen molar-refractivity contribution in [3.05, 3.63) is 22.3 Å². The second-order valence-corrected chi connectivity index (χ2v) is 3.80. The van der Waals surface area contributed by atoms with Crippen molar-refractivity contribution in [2.45, 2.75) is 61.4 Å². The van der Waals surface area contributed by atoms with E-state index in [2.05, 4.69) is 6.07 Å². The van der Waals surface area contributed by atoms with Crippen LogP contribution in [-0.4, -0.2) is 17.1 Å². The molecule has 0 aliphatic heterocycles. The van der Waals surface area contributed by atoms with Crippen LogP contribution < -0.4 is 10.6 Å². The minimum absolute atomic E-state index is 0.180. The van der Waals surface area contributed by atoms with Gasteiger partial charge in [0.2, 0.25) is 0 Å². The quantitative estimate of drug-likeness (QED) is 0.804. The zero-order valence-electron chi connectivity index (χ0n) is 15.1. The summed E-state index contributed by atoms with van der Waals surface area (Å²) in [5, 5.41) is 10.8. The third-order valence-corrected chi connectivity index (χ3v) is 2.68. The van der Waals surface area contributed by atoms with E-state index in [9.17, 15) is 4.79 Å². The van der Waals surface area contributed by atoms with Crippen LogP contribution in [0, 0.1) is 11.3 Å². The minimum atomic E-state index is -0.262. The molecule has 22 heavy (non-hydrogen) atoms. The molecule has 0 N–H and O–H groups in total. The van der Waals surface area contributed by atoms with Crippen molar-refractivity contribution >= 4 is 18.1 Å². The molecule has 4 nitrogen and oxygen atoms in total. The first-order valence-electron chi connectivity index (χ1n) is 8.01. The lowest BCUT2D eigenvalue weighted by Crippen LogP contribution is -2.32. The lowest BCUT2D eigenvalue weighted by Gasteiger charge is -2.03. The molecule has 0 aromatic carbocycles. The molecule has 0 saturated heterocycles. The Bertz CT molecular complexity index is 577. The third-order valence-electron chi connectivity index (χ3n) is 2.68. The van der Waals surface area contributed by atoms with E-state index < -0.39 is 0 Å². The molecule has 0 atom stereocenters. The Hall–Kier alpha value is -2.02. The van der Waals surface area contributed by atoms with E-state index >= 15 is 0 Å². The summed E-state index contributed by atoms with van der Waals surface area (Å²) in [5.74, 6) is -0.262. The molecule has 124 valence electrons. The maximum absolute atomic E-state index is 11.5. The Labute approximate surface area is 134 Å². The van der Waals surface area contributed by atoms with Gasteiger partial charge in [0.1, 0.15) is 6.54 Å². The minimum Gasteiger partial charge on any atom is -0.465 e. The number of carbonyl (C=O) groups excluding carboxylic acids is 1. The average molecular weight is 306 g/mol. The van der Waals surface area contributed by atoms with Crippen LogP contribution in [-0.2, 0) is 22.5 Å². The van der Waals surface area contributed by atoms with Gasteiger partial charge in [-0.15, -0.1) is 0 Å². The molecule has 4 heteroatoms. The van der Waals surface area contributed by atoms with Crippen molar-refractivity contribution in [1.82, 2.24) is 4.57 Å².